The summed E-state index contributed by atoms with van der Waals surface area (Å²) in [5, 5.41) is -0.870. The molecule has 0 aliphatic heterocycles. The maximum absolute atomic E-state index is 10.7. The molecular weight excluding hydrogens is 199 g/mol. The highest BCUT2D eigenvalue weighted by atomic mass is 35.5. The normalized spacial score (nSPS) is 11.4. The highest BCUT2D eigenvalue weighted by molar-refractivity contribution is 7.92. The molecule has 3 nitrogen and oxygen atoms in total. The van der Waals surface area contributed by atoms with Crippen molar-refractivity contribution < 1.29 is 13.2 Å². The molecule has 0 aliphatic rings. The summed E-state index contributed by atoms with van der Waals surface area (Å²) in [6.45, 7) is 0. The smallest absolute Gasteiger partial charge is 0.236 e. The van der Waals surface area contributed by atoms with Gasteiger partial charge in [0.1, 0.15) is 5.75 Å². The quantitative estimate of drug-likeness (QED) is 0.493. The molecule has 60 valence electrons. The molecular formula is C4H6Cl2O3S. The molecule has 0 aromatic rings. The van der Waals surface area contributed by atoms with Crippen molar-refractivity contribution in [3.8, 4) is 0 Å². The monoisotopic (exact) mass is 204 g/mol. The minimum Gasteiger partial charge on any atom is -0.280 e. The predicted octanol–water partition coefficient (Wildman–Crippen LogP) is 0.405. The van der Waals surface area contributed by atoms with E-state index in [0.717, 1.165) is 0 Å². The van der Waals surface area contributed by atoms with Crippen LogP contribution in [-0.2, 0) is 14.6 Å². The second-order valence-electron chi connectivity index (χ2n) is 1.64. The number of sulfone groups is 1. The maximum atomic E-state index is 10.7. The van der Waals surface area contributed by atoms with Gasteiger partial charge in [-0.2, -0.15) is 0 Å². The van der Waals surface area contributed by atoms with Crippen LogP contribution in [0.25, 0.3) is 0 Å². The van der Waals surface area contributed by atoms with Crippen LogP contribution in [0.1, 0.15) is 0 Å². The van der Waals surface area contributed by atoms with Gasteiger partial charge in [-0.3, -0.25) is 4.79 Å². The molecule has 0 atom stereocenters. The second kappa shape index (κ2) is 4.16. The number of carbonyl (C=O) groups is 1. The second-order valence-corrected chi connectivity index (χ2v) is 4.62. The molecule has 0 saturated heterocycles. The molecule has 0 saturated carbocycles. The van der Waals surface area contributed by atoms with Crippen LogP contribution in [0.3, 0.4) is 0 Å². The summed E-state index contributed by atoms with van der Waals surface area (Å²) in [4.78, 5) is 10.1. The average molecular weight is 205 g/mol. The molecule has 0 aliphatic carbocycles. The minimum atomic E-state index is -3.34. The van der Waals surface area contributed by atoms with Crippen molar-refractivity contribution in [3.63, 3.8) is 0 Å². The lowest BCUT2D eigenvalue weighted by molar-refractivity contribution is -0.109. The van der Waals surface area contributed by atoms with Crippen LogP contribution < -0.4 is 0 Å². The molecule has 0 aromatic heterocycles. The molecule has 0 bridgehead atoms. The lowest BCUT2D eigenvalue weighted by Gasteiger charge is -1.94. The van der Waals surface area contributed by atoms with Crippen molar-refractivity contribution in [1.82, 2.24) is 0 Å². The van der Waals surface area contributed by atoms with Gasteiger partial charge in [0.05, 0.1) is 5.75 Å². The molecule has 0 unspecified atom stereocenters. The first kappa shape index (κ1) is 10.2. The van der Waals surface area contributed by atoms with E-state index in [9.17, 15) is 13.2 Å². The fraction of sp³-hybridized carbons (Fsp3) is 0.750. The first-order valence-corrected chi connectivity index (χ1v) is 5.16. The van der Waals surface area contributed by atoms with Crippen molar-refractivity contribution >= 4 is 38.3 Å². The molecule has 0 rings (SSSR count). The Morgan fingerprint density at radius 3 is 2.20 bits per heavy atom. The fourth-order valence-corrected chi connectivity index (χ4v) is 2.29. The van der Waals surface area contributed by atoms with Gasteiger partial charge in [-0.1, -0.05) is 0 Å². The van der Waals surface area contributed by atoms with Gasteiger partial charge < -0.3 is 0 Å². The number of halogens is 2. The summed E-state index contributed by atoms with van der Waals surface area (Å²) in [5.41, 5.74) is 0. The summed E-state index contributed by atoms with van der Waals surface area (Å²) in [5.74, 6) is -0.833. The topological polar surface area (TPSA) is 51.2 Å². The third-order valence-corrected chi connectivity index (χ3v) is 2.95. The van der Waals surface area contributed by atoms with Gasteiger partial charge in [-0.15, -0.1) is 11.6 Å². The van der Waals surface area contributed by atoms with Gasteiger partial charge in [0.15, 0.2) is 9.84 Å². The molecule has 6 heteroatoms. The number of hydrogen-bond acceptors (Lipinski definition) is 3. The Balaban J connectivity index is 4.02. The molecule has 0 heterocycles. The van der Waals surface area contributed by atoms with Crippen LogP contribution in [-0.4, -0.2) is 31.0 Å². The zero-order valence-electron chi connectivity index (χ0n) is 5.01. The molecule has 0 aromatic carbocycles. The third-order valence-electron chi connectivity index (χ3n) is 0.722. The van der Waals surface area contributed by atoms with Crippen LogP contribution in [0.2, 0.25) is 0 Å². The standard InChI is InChI=1S/C4H6Cl2O3S/c5-1-2-10(8,9)3-4(6)7/h1-3H2. The van der Waals surface area contributed by atoms with Crippen molar-refractivity contribution in [3.05, 3.63) is 0 Å². The number of alkyl halides is 1. The third kappa shape index (κ3) is 5.02. The van der Waals surface area contributed by atoms with E-state index in [-0.39, 0.29) is 11.6 Å². The molecule has 10 heavy (non-hydrogen) atoms. The number of hydrogen-bond donors (Lipinski definition) is 0. The van der Waals surface area contributed by atoms with E-state index < -0.39 is 20.8 Å². The first-order chi connectivity index (χ1) is 4.48. The Hall–Kier alpha value is 0.200. The van der Waals surface area contributed by atoms with E-state index in [1.807, 2.05) is 0 Å². The Morgan fingerprint density at radius 2 is 1.90 bits per heavy atom. The summed E-state index contributed by atoms with van der Waals surface area (Å²) < 4.78 is 21.3. The van der Waals surface area contributed by atoms with Crippen molar-refractivity contribution in [1.29, 1.82) is 0 Å². The van der Waals surface area contributed by atoms with E-state index in [4.69, 9.17) is 23.2 Å². The van der Waals surface area contributed by atoms with Crippen molar-refractivity contribution in [2.45, 2.75) is 0 Å². The van der Waals surface area contributed by atoms with E-state index >= 15 is 0 Å². The summed E-state index contributed by atoms with van der Waals surface area (Å²) in [6.07, 6.45) is 0. The highest BCUT2D eigenvalue weighted by Gasteiger charge is 2.13. The van der Waals surface area contributed by atoms with E-state index in [2.05, 4.69) is 0 Å². The van der Waals surface area contributed by atoms with Crippen LogP contribution in [0.15, 0.2) is 0 Å². The Kier molecular flexibility index (Phi) is 4.24. The van der Waals surface area contributed by atoms with E-state index in [1.165, 1.54) is 0 Å². The van der Waals surface area contributed by atoms with Gasteiger partial charge >= 0.3 is 0 Å². The zero-order chi connectivity index (χ0) is 8.20. The molecule has 0 spiro atoms. The van der Waals surface area contributed by atoms with Gasteiger partial charge in [0.2, 0.25) is 5.24 Å². The molecule has 0 radical (unpaired) electrons. The summed E-state index contributed by atoms with van der Waals surface area (Å²) in [7, 11) is -3.34. The SMILES string of the molecule is O=C(Cl)CS(=O)(=O)CCCl. The Labute approximate surface area is 69.2 Å². The van der Waals surface area contributed by atoms with Gasteiger partial charge in [0, 0.05) is 5.88 Å². The lowest BCUT2D eigenvalue weighted by Crippen LogP contribution is -2.16. The van der Waals surface area contributed by atoms with E-state index in [0.29, 0.717) is 0 Å². The molecule has 0 fully saturated rings. The zero-order valence-corrected chi connectivity index (χ0v) is 7.34. The van der Waals surface area contributed by atoms with Crippen LogP contribution in [0.5, 0.6) is 0 Å². The highest BCUT2D eigenvalue weighted by Crippen LogP contribution is 1.94. The van der Waals surface area contributed by atoms with Crippen LogP contribution in [0.4, 0.5) is 0 Å². The largest absolute Gasteiger partial charge is 0.280 e. The van der Waals surface area contributed by atoms with Gasteiger partial charge in [-0.05, 0) is 11.6 Å². The van der Waals surface area contributed by atoms with Crippen molar-refractivity contribution in [2.75, 3.05) is 17.4 Å². The van der Waals surface area contributed by atoms with Gasteiger partial charge in [-0.25, -0.2) is 8.42 Å². The van der Waals surface area contributed by atoms with Gasteiger partial charge in [0.25, 0.3) is 0 Å². The Bertz CT molecular complexity index is 209. The minimum absolute atomic E-state index is 0.00744. The van der Waals surface area contributed by atoms with Crippen LogP contribution >= 0.6 is 23.2 Å². The fourth-order valence-electron chi connectivity index (χ4n) is 0.363. The summed E-state index contributed by atoms with van der Waals surface area (Å²) in [6, 6.07) is 0. The molecule has 0 amide bonds. The number of rotatable bonds is 4. The molecule has 0 N–H and O–H groups in total. The Morgan fingerprint density at radius 1 is 1.40 bits per heavy atom. The first-order valence-electron chi connectivity index (χ1n) is 2.42. The van der Waals surface area contributed by atoms with Crippen LogP contribution in [0, 0.1) is 0 Å². The van der Waals surface area contributed by atoms with Crippen molar-refractivity contribution in [2.24, 2.45) is 0 Å². The average Bonchev–Trinajstić information content (AvgIpc) is 1.59. The predicted molar refractivity (Wildman–Crippen MR) is 40.2 cm³/mol. The number of carbonyl (C=O) groups excluding carboxylic acids is 1. The summed E-state index contributed by atoms with van der Waals surface area (Å²) >= 11 is 9.97. The van der Waals surface area contributed by atoms with E-state index in [1.54, 1.807) is 0 Å². The lowest BCUT2D eigenvalue weighted by atomic mass is 10.9. The maximum Gasteiger partial charge on any atom is 0.236 e.